The number of nitrogens with zero attached hydrogens (tertiary/aromatic N) is 1. The van der Waals surface area contributed by atoms with Gasteiger partial charge in [0.15, 0.2) is 0 Å². The average Bonchev–Trinajstić information content (AvgIpc) is 2.61. The van der Waals surface area contributed by atoms with Crippen molar-refractivity contribution in [2.45, 2.75) is 11.8 Å². The van der Waals surface area contributed by atoms with Crippen LogP contribution < -0.4 is 5.32 Å². The van der Waals surface area contributed by atoms with Crippen molar-refractivity contribution >= 4 is 16.7 Å². The first kappa shape index (κ1) is 17.8. The zero-order chi connectivity index (χ0) is 17.8. The highest BCUT2D eigenvalue weighted by Gasteiger charge is 2.28. The van der Waals surface area contributed by atoms with Crippen LogP contribution in [0.25, 0.3) is 0 Å². The minimum absolute atomic E-state index is 0.0838. The van der Waals surface area contributed by atoms with Gasteiger partial charge in [0.25, 0.3) is 5.91 Å². The molecule has 0 spiro atoms. The number of halogens is 1. The van der Waals surface area contributed by atoms with E-state index in [0.717, 1.165) is 11.1 Å². The summed E-state index contributed by atoms with van der Waals surface area (Å²) in [5, 5.41) is 3.27. The predicted molar refractivity (Wildman–Crippen MR) is 97.3 cm³/mol. The normalized spacial score (nSPS) is 18.8. The summed E-state index contributed by atoms with van der Waals surface area (Å²) in [6, 6.07) is 13.4. The summed E-state index contributed by atoms with van der Waals surface area (Å²) < 4.78 is 25.0. The molecule has 1 amide bonds. The van der Waals surface area contributed by atoms with Gasteiger partial charge in [0, 0.05) is 48.0 Å². The fraction of sp³-hybridized carbons (Fsp3) is 0.316. The van der Waals surface area contributed by atoms with E-state index in [1.807, 2.05) is 18.2 Å². The third-order valence-electron chi connectivity index (χ3n) is 4.28. The van der Waals surface area contributed by atoms with Gasteiger partial charge in [0.2, 0.25) is 0 Å². The molecule has 2 atom stereocenters. The fourth-order valence-corrected chi connectivity index (χ4v) is 3.80. The predicted octanol–water partition coefficient (Wildman–Crippen LogP) is 2.49. The molecule has 0 aliphatic carbocycles. The lowest BCUT2D eigenvalue weighted by Gasteiger charge is -2.36. The molecule has 1 fully saturated rings. The van der Waals surface area contributed by atoms with Crippen LogP contribution in [0, 0.1) is 5.82 Å². The van der Waals surface area contributed by atoms with Crippen LogP contribution >= 0.6 is 0 Å². The van der Waals surface area contributed by atoms with E-state index in [4.69, 9.17) is 0 Å². The number of carbonyl (C=O) groups is 1. The van der Waals surface area contributed by atoms with Crippen molar-refractivity contribution in [3.8, 4) is 0 Å². The van der Waals surface area contributed by atoms with Gasteiger partial charge in [-0.2, -0.15) is 0 Å². The fourth-order valence-electron chi connectivity index (χ4n) is 3.15. The summed E-state index contributed by atoms with van der Waals surface area (Å²) in [5.41, 5.74) is 2.24. The summed E-state index contributed by atoms with van der Waals surface area (Å²) in [7, 11) is -0.959. The molecule has 0 radical (unpaired) electrons. The van der Waals surface area contributed by atoms with Crippen LogP contribution in [0.1, 0.15) is 27.5 Å². The van der Waals surface area contributed by atoms with Gasteiger partial charge in [0.1, 0.15) is 5.82 Å². The Balaban J connectivity index is 1.87. The molecule has 4 nitrogen and oxygen atoms in total. The number of benzene rings is 2. The third kappa shape index (κ3) is 4.32. The first-order valence-electron chi connectivity index (χ1n) is 8.21. The Labute approximate surface area is 149 Å². The first-order valence-corrected chi connectivity index (χ1v) is 9.93. The molecule has 3 rings (SSSR count). The number of nitrogens with one attached hydrogen (secondary N) is 1. The molecule has 1 N–H and O–H groups in total. The Hall–Kier alpha value is -2.05. The van der Waals surface area contributed by atoms with E-state index in [1.54, 1.807) is 29.4 Å². The number of amides is 1. The van der Waals surface area contributed by atoms with Crippen LogP contribution in [0.4, 0.5) is 4.39 Å². The van der Waals surface area contributed by atoms with Crippen molar-refractivity contribution in [2.24, 2.45) is 0 Å². The Morgan fingerprint density at radius 1 is 1.28 bits per heavy atom. The molecular formula is C19H21FN2O2S. The smallest absolute Gasteiger partial charge is 0.254 e. The van der Waals surface area contributed by atoms with E-state index >= 15 is 0 Å². The minimum atomic E-state index is -0.959. The summed E-state index contributed by atoms with van der Waals surface area (Å²) >= 11 is 0. The topological polar surface area (TPSA) is 49.4 Å². The molecule has 1 heterocycles. The van der Waals surface area contributed by atoms with Crippen molar-refractivity contribution in [1.29, 1.82) is 0 Å². The second-order valence-corrected chi connectivity index (χ2v) is 7.63. The van der Waals surface area contributed by atoms with Crippen molar-refractivity contribution in [3.63, 3.8) is 0 Å². The monoisotopic (exact) mass is 360 g/mol. The molecule has 0 saturated carbocycles. The summed E-state index contributed by atoms with van der Waals surface area (Å²) in [6.07, 6.45) is 1.64. The number of piperazine rings is 1. The number of carbonyl (C=O) groups excluding carboxylic acids is 1. The van der Waals surface area contributed by atoms with Crippen molar-refractivity contribution < 1.29 is 13.4 Å². The largest absolute Gasteiger partial charge is 0.329 e. The number of rotatable bonds is 4. The molecule has 0 bridgehead atoms. The molecule has 2 aromatic carbocycles. The lowest BCUT2D eigenvalue weighted by atomic mass is 10.0. The lowest BCUT2D eigenvalue weighted by molar-refractivity contribution is 0.0634. The summed E-state index contributed by atoms with van der Waals surface area (Å²) in [6.45, 7) is 1.86. The highest BCUT2D eigenvalue weighted by molar-refractivity contribution is 7.83. The van der Waals surface area contributed by atoms with Crippen molar-refractivity contribution in [3.05, 3.63) is 71.0 Å². The lowest BCUT2D eigenvalue weighted by Crippen LogP contribution is -2.48. The molecule has 132 valence electrons. The zero-order valence-electron chi connectivity index (χ0n) is 14.1. The highest BCUT2D eigenvalue weighted by atomic mass is 32.2. The van der Waals surface area contributed by atoms with E-state index in [-0.39, 0.29) is 17.8 Å². The van der Waals surface area contributed by atoms with Crippen molar-refractivity contribution in [1.82, 2.24) is 10.2 Å². The van der Waals surface area contributed by atoms with Crippen LogP contribution in [-0.4, -0.2) is 40.9 Å². The summed E-state index contributed by atoms with van der Waals surface area (Å²) in [4.78, 5) is 14.8. The van der Waals surface area contributed by atoms with Crippen LogP contribution in [-0.2, 0) is 16.6 Å². The van der Waals surface area contributed by atoms with Gasteiger partial charge in [-0.15, -0.1) is 0 Å². The van der Waals surface area contributed by atoms with Crippen LogP contribution in [0.15, 0.2) is 48.5 Å². The van der Waals surface area contributed by atoms with Gasteiger partial charge in [-0.3, -0.25) is 9.00 Å². The molecule has 25 heavy (non-hydrogen) atoms. The van der Waals surface area contributed by atoms with E-state index < -0.39 is 10.8 Å². The van der Waals surface area contributed by atoms with Crippen LogP contribution in [0.2, 0.25) is 0 Å². The molecule has 2 aromatic rings. The van der Waals surface area contributed by atoms with Crippen LogP contribution in [0.5, 0.6) is 0 Å². The van der Waals surface area contributed by atoms with Crippen molar-refractivity contribution in [2.75, 3.05) is 25.9 Å². The molecule has 1 saturated heterocycles. The molecular weight excluding hydrogens is 339 g/mol. The Morgan fingerprint density at radius 3 is 2.84 bits per heavy atom. The Bertz CT molecular complexity index is 796. The number of hydrogen-bond acceptors (Lipinski definition) is 3. The van der Waals surface area contributed by atoms with E-state index in [0.29, 0.717) is 31.0 Å². The maximum atomic E-state index is 13.6. The summed E-state index contributed by atoms with van der Waals surface area (Å²) in [5.74, 6) is 0.0399. The molecule has 0 aromatic heterocycles. The van der Waals surface area contributed by atoms with Crippen LogP contribution in [0.3, 0.4) is 0 Å². The number of hydrogen-bond donors (Lipinski definition) is 1. The second kappa shape index (κ2) is 7.89. The Morgan fingerprint density at radius 2 is 2.08 bits per heavy atom. The SMILES string of the molecule is CS(=O)Cc1cccc(C(=O)N2CCNCC2c2cccc(F)c2)c1. The van der Waals surface area contributed by atoms with E-state index in [9.17, 15) is 13.4 Å². The molecule has 1 aliphatic heterocycles. The molecule has 1 aliphatic rings. The maximum absolute atomic E-state index is 13.6. The van der Waals surface area contributed by atoms with Gasteiger partial charge in [-0.05, 0) is 35.4 Å². The standard InChI is InChI=1S/C19H21FN2O2S/c1-25(24)13-14-4-2-6-16(10-14)19(23)22-9-8-21-12-18(22)15-5-3-7-17(20)11-15/h2-7,10-11,18,21H,8-9,12-13H2,1H3. The van der Waals surface area contributed by atoms with Gasteiger partial charge >= 0.3 is 0 Å². The van der Waals surface area contributed by atoms with E-state index in [1.165, 1.54) is 12.1 Å². The van der Waals surface area contributed by atoms with Gasteiger partial charge in [-0.1, -0.05) is 24.3 Å². The van der Waals surface area contributed by atoms with E-state index in [2.05, 4.69) is 5.32 Å². The molecule has 2 unspecified atom stereocenters. The maximum Gasteiger partial charge on any atom is 0.254 e. The highest BCUT2D eigenvalue weighted by Crippen LogP contribution is 2.25. The molecule has 6 heteroatoms. The third-order valence-corrected chi connectivity index (χ3v) is 5.02. The zero-order valence-corrected chi connectivity index (χ0v) is 14.9. The first-order chi connectivity index (χ1) is 12.0. The van der Waals surface area contributed by atoms with Gasteiger partial charge < -0.3 is 10.2 Å². The second-order valence-electron chi connectivity index (χ2n) is 6.19. The van der Waals surface area contributed by atoms with Gasteiger partial charge in [-0.25, -0.2) is 4.39 Å². The average molecular weight is 360 g/mol. The van der Waals surface area contributed by atoms with Gasteiger partial charge in [0.05, 0.1) is 6.04 Å². The quantitative estimate of drug-likeness (QED) is 0.911. The minimum Gasteiger partial charge on any atom is -0.329 e. The Kier molecular flexibility index (Phi) is 5.60.